The maximum Gasteiger partial charge on any atom is 0.268 e. The molecular weight excluding hydrogens is 273 g/mol. The number of hydrogen-bond donors (Lipinski definition) is 0. The largest absolute Gasteiger partial charge is 0.328 e. The molecule has 1 aromatic carbocycles. The molecule has 0 fully saturated rings. The Morgan fingerprint density at radius 1 is 1.33 bits per heavy atom. The SMILES string of the molecule is CCN1C2=NC(=O)CN2Cc2c1ccc(Cl)c2Cl. The molecule has 0 aliphatic carbocycles. The number of guanidine groups is 1. The van der Waals surface area contributed by atoms with Crippen LogP contribution in [0, 0.1) is 0 Å². The van der Waals surface area contributed by atoms with E-state index in [0.29, 0.717) is 29.1 Å². The molecule has 18 heavy (non-hydrogen) atoms. The van der Waals surface area contributed by atoms with Gasteiger partial charge in [0.2, 0.25) is 5.96 Å². The topological polar surface area (TPSA) is 35.9 Å². The third-order valence-electron chi connectivity index (χ3n) is 3.20. The molecule has 2 aliphatic rings. The van der Waals surface area contributed by atoms with Gasteiger partial charge in [-0.2, -0.15) is 4.99 Å². The van der Waals surface area contributed by atoms with Gasteiger partial charge in [-0.05, 0) is 19.1 Å². The third-order valence-corrected chi connectivity index (χ3v) is 4.05. The number of nitrogens with zero attached hydrogens (tertiary/aromatic N) is 3. The molecule has 2 aliphatic heterocycles. The zero-order chi connectivity index (χ0) is 12.9. The Morgan fingerprint density at radius 2 is 2.11 bits per heavy atom. The summed E-state index contributed by atoms with van der Waals surface area (Å²) in [6.45, 7) is 3.64. The van der Waals surface area contributed by atoms with Crippen molar-refractivity contribution in [1.29, 1.82) is 0 Å². The van der Waals surface area contributed by atoms with E-state index in [-0.39, 0.29) is 5.91 Å². The van der Waals surface area contributed by atoms with Gasteiger partial charge >= 0.3 is 0 Å². The summed E-state index contributed by atoms with van der Waals surface area (Å²) in [6.07, 6.45) is 0. The van der Waals surface area contributed by atoms with E-state index in [4.69, 9.17) is 23.2 Å². The van der Waals surface area contributed by atoms with Gasteiger partial charge in [-0.3, -0.25) is 4.79 Å². The van der Waals surface area contributed by atoms with E-state index >= 15 is 0 Å². The lowest BCUT2D eigenvalue weighted by atomic mass is 10.1. The summed E-state index contributed by atoms with van der Waals surface area (Å²) < 4.78 is 0. The number of rotatable bonds is 1. The number of halogens is 2. The number of fused-ring (bicyclic) bond motifs is 2. The van der Waals surface area contributed by atoms with Crippen LogP contribution in [0.4, 0.5) is 5.69 Å². The Kier molecular flexibility index (Phi) is 2.72. The Bertz CT molecular complexity index is 571. The average molecular weight is 284 g/mol. The van der Waals surface area contributed by atoms with Crippen LogP contribution in [0.2, 0.25) is 10.0 Å². The van der Waals surface area contributed by atoms with Crippen molar-refractivity contribution in [3.63, 3.8) is 0 Å². The number of hydrogen-bond acceptors (Lipinski definition) is 3. The van der Waals surface area contributed by atoms with Gasteiger partial charge < -0.3 is 9.80 Å². The van der Waals surface area contributed by atoms with Gasteiger partial charge in [0.05, 0.1) is 15.7 Å². The van der Waals surface area contributed by atoms with E-state index in [1.165, 1.54) is 0 Å². The second kappa shape index (κ2) is 4.14. The highest BCUT2D eigenvalue weighted by Gasteiger charge is 2.34. The minimum Gasteiger partial charge on any atom is -0.328 e. The number of amides is 1. The number of benzene rings is 1. The molecule has 0 spiro atoms. The Morgan fingerprint density at radius 3 is 2.83 bits per heavy atom. The van der Waals surface area contributed by atoms with Crippen LogP contribution >= 0.6 is 23.2 Å². The van der Waals surface area contributed by atoms with E-state index in [1.807, 2.05) is 22.8 Å². The van der Waals surface area contributed by atoms with Crippen molar-refractivity contribution in [3.8, 4) is 0 Å². The fourth-order valence-corrected chi connectivity index (χ4v) is 2.80. The Labute approximate surface area is 115 Å². The van der Waals surface area contributed by atoms with E-state index < -0.39 is 0 Å². The van der Waals surface area contributed by atoms with Gasteiger partial charge in [-0.15, -0.1) is 0 Å². The van der Waals surface area contributed by atoms with Crippen molar-refractivity contribution in [3.05, 3.63) is 27.7 Å². The summed E-state index contributed by atoms with van der Waals surface area (Å²) in [5.41, 5.74) is 1.94. The number of carbonyl (C=O) groups is 1. The van der Waals surface area contributed by atoms with Crippen molar-refractivity contribution >= 4 is 40.8 Å². The van der Waals surface area contributed by atoms with Gasteiger partial charge in [0.15, 0.2) is 0 Å². The summed E-state index contributed by atoms with van der Waals surface area (Å²) >= 11 is 12.3. The van der Waals surface area contributed by atoms with Crippen molar-refractivity contribution in [2.24, 2.45) is 4.99 Å². The van der Waals surface area contributed by atoms with E-state index in [1.54, 1.807) is 6.07 Å². The quantitative estimate of drug-likeness (QED) is 0.795. The van der Waals surface area contributed by atoms with Gasteiger partial charge in [0.25, 0.3) is 5.91 Å². The monoisotopic (exact) mass is 283 g/mol. The first kappa shape index (κ1) is 11.8. The summed E-state index contributed by atoms with van der Waals surface area (Å²) in [5, 5.41) is 1.10. The van der Waals surface area contributed by atoms with Gasteiger partial charge in [-0.1, -0.05) is 23.2 Å². The maximum absolute atomic E-state index is 11.5. The van der Waals surface area contributed by atoms with Gasteiger partial charge in [0.1, 0.15) is 6.54 Å². The highest BCUT2D eigenvalue weighted by atomic mass is 35.5. The van der Waals surface area contributed by atoms with Crippen molar-refractivity contribution < 1.29 is 4.79 Å². The lowest BCUT2D eigenvalue weighted by molar-refractivity contribution is -0.117. The fraction of sp³-hybridized carbons (Fsp3) is 0.333. The predicted molar refractivity (Wildman–Crippen MR) is 72.3 cm³/mol. The lowest BCUT2D eigenvalue weighted by Gasteiger charge is -2.36. The lowest BCUT2D eigenvalue weighted by Crippen LogP contribution is -2.46. The van der Waals surface area contributed by atoms with Gasteiger partial charge in [-0.25, -0.2) is 0 Å². The molecule has 1 aromatic rings. The fourth-order valence-electron chi connectivity index (χ4n) is 2.41. The standard InChI is InChI=1S/C12H11Cl2N3O/c1-2-17-9-4-3-8(13)11(14)7(9)5-16-6-10(18)15-12(16)17/h3-4H,2,5-6H2,1H3. The van der Waals surface area contributed by atoms with E-state index in [9.17, 15) is 4.79 Å². The molecule has 0 atom stereocenters. The molecule has 4 nitrogen and oxygen atoms in total. The minimum atomic E-state index is -0.113. The molecule has 1 amide bonds. The van der Waals surface area contributed by atoms with Crippen LogP contribution in [-0.4, -0.2) is 29.9 Å². The van der Waals surface area contributed by atoms with Crippen LogP contribution in [0.1, 0.15) is 12.5 Å². The van der Waals surface area contributed by atoms with Crippen LogP contribution < -0.4 is 4.90 Å². The van der Waals surface area contributed by atoms with E-state index in [2.05, 4.69) is 4.99 Å². The predicted octanol–water partition coefficient (Wildman–Crippen LogP) is 2.53. The number of carbonyl (C=O) groups excluding carboxylic acids is 1. The zero-order valence-corrected chi connectivity index (χ0v) is 11.3. The summed E-state index contributed by atoms with van der Waals surface area (Å²) in [7, 11) is 0. The second-order valence-corrected chi connectivity index (χ2v) is 5.05. The normalized spacial score (nSPS) is 17.7. The number of anilines is 1. The van der Waals surface area contributed by atoms with Crippen LogP contribution in [-0.2, 0) is 11.3 Å². The third kappa shape index (κ3) is 1.60. The first-order valence-electron chi connectivity index (χ1n) is 5.72. The molecule has 0 N–H and O–H groups in total. The van der Waals surface area contributed by atoms with Crippen molar-refractivity contribution in [2.75, 3.05) is 18.0 Å². The van der Waals surface area contributed by atoms with Crippen LogP contribution in [0.15, 0.2) is 17.1 Å². The highest BCUT2D eigenvalue weighted by molar-refractivity contribution is 6.43. The number of aliphatic imine (C=N–C) groups is 1. The highest BCUT2D eigenvalue weighted by Crippen LogP contribution is 2.38. The first-order chi connectivity index (χ1) is 8.61. The average Bonchev–Trinajstić information content (AvgIpc) is 2.71. The Hall–Kier alpha value is -1.26. The van der Waals surface area contributed by atoms with Crippen molar-refractivity contribution in [1.82, 2.24) is 4.90 Å². The summed E-state index contributed by atoms with van der Waals surface area (Å²) in [5.74, 6) is 0.604. The molecule has 94 valence electrons. The van der Waals surface area contributed by atoms with Crippen LogP contribution in [0.3, 0.4) is 0 Å². The van der Waals surface area contributed by atoms with E-state index in [0.717, 1.165) is 17.8 Å². The second-order valence-electron chi connectivity index (χ2n) is 4.26. The molecule has 0 saturated heterocycles. The van der Waals surface area contributed by atoms with Gasteiger partial charge in [0, 0.05) is 18.7 Å². The first-order valence-corrected chi connectivity index (χ1v) is 6.48. The molecule has 2 heterocycles. The van der Waals surface area contributed by atoms with Crippen molar-refractivity contribution in [2.45, 2.75) is 13.5 Å². The maximum atomic E-state index is 11.5. The molecule has 0 unspecified atom stereocenters. The minimum absolute atomic E-state index is 0.113. The molecule has 0 radical (unpaired) electrons. The summed E-state index contributed by atoms with van der Waals surface area (Å²) in [4.78, 5) is 19.4. The zero-order valence-electron chi connectivity index (χ0n) is 9.78. The molecule has 3 rings (SSSR count). The van der Waals surface area contributed by atoms with Crippen LogP contribution in [0.5, 0.6) is 0 Å². The molecule has 0 saturated carbocycles. The summed E-state index contributed by atoms with van der Waals surface area (Å²) in [6, 6.07) is 3.70. The molecular formula is C12H11Cl2N3O. The Balaban J connectivity index is 2.16. The van der Waals surface area contributed by atoms with Crippen LogP contribution in [0.25, 0.3) is 0 Å². The smallest absolute Gasteiger partial charge is 0.268 e. The molecule has 0 aromatic heterocycles. The molecule has 0 bridgehead atoms. The molecule has 6 heteroatoms.